The number of carbonyl (C=O) groups is 1. The minimum atomic E-state index is -0.221. The van der Waals surface area contributed by atoms with Gasteiger partial charge >= 0.3 is 0 Å². The van der Waals surface area contributed by atoms with Gasteiger partial charge in [0.05, 0.1) is 18.4 Å². The number of aliphatic imine (C=N–C) groups is 1. The van der Waals surface area contributed by atoms with E-state index in [1.807, 2.05) is 12.1 Å². The first kappa shape index (κ1) is 25.8. The standard InChI is InChI=1S/C27H38FN3O4/c1-29-25-10-14-35-27(25)20(6-7-26(32)31-22-8-12-33-13-9-22)15-19-4-5-21(24(28)16-19)17-30-18-23-3-2-11-34-23/h4-5,16,20,22-23,30H,1-3,6-15,17-18H2,(H,31,32). The zero-order chi connectivity index (χ0) is 24.5. The van der Waals surface area contributed by atoms with Crippen molar-refractivity contribution >= 4 is 12.6 Å². The van der Waals surface area contributed by atoms with Gasteiger partial charge in [0.15, 0.2) is 0 Å². The second kappa shape index (κ2) is 13.1. The van der Waals surface area contributed by atoms with Crippen molar-refractivity contribution in [3.8, 4) is 0 Å². The molecule has 2 N–H and O–H groups in total. The third-order valence-electron chi connectivity index (χ3n) is 7.06. The number of allylic oxidation sites excluding steroid dienone is 1. The maximum absolute atomic E-state index is 14.9. The molecule has 3 aliphatic rings. The highest BCUT2D eigenvalue weighted by molar-refractivity contribution is 5.76. The minimum Gasteiger partial charge on any atom is -0.495 e. The zero-order valence-corrected chi connectivity index (χ0v) is 20.5. The van der Waals surface area contributed by atoms with Gasteiger partial charge in [-0.15, -0.1) is 0 Å². The molecule has 0 aromatic heterocycles. The lowest BCUT2D eigenvalue weighted by molar-refractivity contribution is -0.122. The number of nitrogens with one attached hydrogen (secondary N) is 2. The first-order chi connectivity index (χ1) is 17.1. The largest absolute Gasteiger partial charge is 0.495 e. The molecule has 1 amide bonds. The van der Waals surface area contributed by atoms with Crippen LogP contribution in [0.3, 0.4) is 0 Å². The summed E-state index contributed by atoms with van der Waals surface area (Å²) in [7, 11) is 0. The number of amides is 1. The molecule has 7 nitrogen and oxygen atoms in total. The number of carbonyl (C=O) groups excluding carboxylic acids is 1. The van der Waals surface area contributed by atoms with Gasteiger partial charge in [0.25, 0.3) is 0 Å². The maximum atomic E-state index is 14.9. The van der Waals surface area contributed by atoms with Crippen LogP contribution in [0.1, 0.15) is 56.1 Å². The Morgan fingerprint density at radius 2 is 2.06 bits per heavy atom. The molecule has 2 fully saturated rings. The molecule has 1 aromatic carbocycles. The van der Waals surface area contributed by atoms with E-state index in [9.17, 15) is 9.18 Å². The van der Waals surface area contributed by atoms with Gasteiger partial charge in [-0.3, -0.25) is 9.79 Å². The predicted octanol–water partition coefficient (Wildman–Crippen LogP) is 3.66. The van der Waals surface area contributed by atoms with Crippen LogP contribution in [0.2, 0.25) is 0 Å². The summed E-state index contributed by atoms with van der Waals surface area (Å²) in [5, 5.41) is 6.43. The van der Waals surface area contributed by atoms with Crippen LogP contribution >= 0.6 is 0 Å². The molecule has 8 heteroatoms. The third kappa shape index (κ3) is 7.59. The molecule has 0 radical (unpaired) electrons. The Bertz CT molecular complexity index is 894. The van der Waals surface area contributed by atoms with Gasteiger partial charge in [-0.2, -0.15) is 0 Å². The molecule has 3 aliphatic heterocycles. The number of hydrogen-bond donors (Lipinski definition) is 2. The lowest BCUT2D eigenvalue weighted by Gasteiger charge is -2.24. The van der Waals surface area contributed by atoms with Crippen LogP contribution in [-0.4, -0.2) is 57.7 Å². The highest BCUT2D eigenvalue weighted by Gasteiger charge is 2.26. The van der Waals surface area contributed by atoms with Crippen LogP contribution in [0.25, 0.3) is 0 Å². The van der Waals surface area contributed by atoms with E-state index >= 15 is 0 Å². The lowest BCUT2D eigenvalue weighted by Crippen LogP contribution is -2.39. The molecule has 2 atom stereocenters. The summed E-state index contributed by atoms with van der Waals surface area (Å²) in [6.07, 6.45) is 6.37. The molecular formula is C27H38FN3O4. The van der Waals surface area contributed by atoms with E-state index in [2.05, 4.69) is 22.3 Å². The Morgan fingerprint density at radius 3 is 2.80 bits per heavy atom. The maximum Gasteiger partial charge on any atom is 0.220 e. The fraction of sp³-hybridized carbons (Fsp3) is 0.630. The number of nitrogens with zero attached hydrogens (tertiary/aromatic N) is 1. The van der Waals surface area contributed by atoms with E-state index < -0.39 is 0 Å². The topological polar surface area (TPSA) is 81.2 Å². The number of halogens is 1. The number of rotatable bonds is 12. The van der Waals surface area contributed by atoms with Gasteiger partial charge < -0.3 is 24.8 Å². The lowest BCUT2D eigenvalue weighted by atomic mass is 9.91. The Kier molecular flexibility index (Phi) is 9.68. The Labute approximate surface area is 207 Å². The van der Waals surface area contributed by atoms with Gasteiger partial charge in [-0.1, -0.05) is 12.1 Å². The van der Waals surface area contributed by atoms with Gasteiger partial charge in [-0.25, -0.2) is 4.39 Å². The Morgan fingerprint density at radius 1 is 1.20 bits per heavy atom. The van der Waals surface area contributed by atoms with Crippen molar-refractivity contribution in [1.29, 1.82) is 0 Å². The van der Waals surface area contributed by atoms with E-state index in [1.54, 1.807) is 6.07 Å². The molecule has 0 spiro atoms. The molecule has 0 aliphatic carbocycles. The fourth-order valence-corrected chi connectivity index (χ4v) is 5.07. The first-order valence-electron chi connectivity index (χ1n) is 12.9. The molecular weight excluding hydrogens is 449 g/mol. The van der Waals surface area contributed by atoms with E-state index in [1.165, 1.54) is 0 Å². The fourth-order valence-electron chi connectivity index (χ4n) is 5.07. The van der Waals surface area contributed by atoms with Crippen LogP contribution in [0.4, 0.5) is 4.39 Å². The van der Waals surface area contributed by atoms with E-state index in [4.69, 9.17) is 14.2 Å². The third-order valence-corrected chi connectivity index (χ3v) is 7.06. The predicted molar refractivity (Wildman–Crippen MR) is 133 cm³/mol. The molecule has 35 heavy (non-hydrogen) atoms. The molecule has 1 aromatic rings. The smallest absolute Gasteiger partial charge is 0.220 e. The summed E-state index contributed by atoms with van der Waals surface area (Å²) in [6.45, 7) is 7.65. The highest BCUT2D eigenvalue weighted by Crippen LogP contribution is 2.32. The van der Waals surface area contributed by atoms with Crippen molar-refractivity contribution in [3.05, 3.63) is 46.6 Å². The first-order valence-corrected chi connectivity index (χ1v) is 12.9. The Hall–Kier alpha value is -2.29. The number of ether oxygens (including phenoxy) is 3. The molecule has 3 heterocycles. The van der Waals surface area contributed by atoms with Crippen LogP contribution < -0.4 is 10.6 Å². The van der Waals surface area contributed by atoms with Crippen molar-refractivity contribution < 1.29 is 23.4 Å². The van der Waals surface area contributed by atoms with Crippen molar-refractivity contribution in [2.75, 3.05) is 33.0 Å². The molecule has 0 bridgehead atoms. The molecule has 2 unspecified atom stereocenters. The van der Waals surface area contributed by atoms with Gasteiger partial charge in [0.1, 0.15) is 11.6 Å². The number of hydrogen-bond acceptors (Lipinski definition) is 6. The summed E-state index contributed by atoms with van der Waals surface area (Å²) >= 11 is 0. The van der Waals surface area contributed by atoms with Crippen LogP contribution in [0.5, 0.6) is 0 Å². The zero-order valence-electron chi connectivity index (χ0n) is 20.5. The van der Waals surface area contributed by atoms with Crippen molar-refractivity contribution in [2.24, 2.45) is 10.9 Å². The van der Waals surface area contributed by atoms with Gasteiger partial charge in [-0.05, 0) is 56.9 Å². The van der Waals surface area contributed by atoms with Crippen LogP contribution in [0, 0.1) is 11.7 Å². The quantitative estimate of drug-likeness (QED) is 0.440. The SMILES string of the molecule is C=NC1=C(C(CCC(=O)NC2CCOCC2)Cc2ccc(CNCC3CCCO3)c(F)c2)OCC1. The van der Waals surface area contributed by atoms with Gasteiger partial charge in [0, 0.05) is 63.3 Å². The van der Waals surface area contributed by atoms with Gasteiger partial charge in [0.2, 0.25) is 5.91 Å². The summed E-state index contributed by atoms with van der Waals surface area (Å²) in [4.78, 5) is 16.8. The summed E-state index contributed by atoms with van der Waals surface area (Å²) in [5.74, 6) is 0.553. The second-order valence-corrected chi connectivity index (χ2v) is 9.65. The van der Waals surface area contributed by atoms with Crippen LogP contribution in [-0.2, 0) is 32.0 Å². The van der Waals surface area contributed by atoms with Crippen molar-refractivity contribution in [2.45, 2.75) is 70.1 Å². The summed E-state index contributed by atoms with van der Waals surface area (Å²) < 4.78 is 31.8. The van der Waals surface area contributed by atoms with E-state index in [-0.39, 0.29) is 29.8 Å². The Balaban J connectivity index is 1.35. The summed E-state index contributed by atoms with van der Waals surface area (Å²) in [5.41, 5.74) is 2.37. The highest BCUT2D eigenvalue weighted by atomic mass is 19.1. The monoisotopic (exact) mass is 487 g/mol. The molecule has 192 valence electrons. The minimum absolute atomic E-state index is 0.0347. The average molecular weight is 488 g/mol. The number of benzene rings is 1. The van der Waals surface area contributed by atoms with Crippen LogP contribution in [0.15, 0.2) is 34.6 Å². The summed E-state index contributed by atoms with van der Waals surface area (Å²) in [6, 6.07) is 5.60. The molecule has 0 saturated carbocycles. The molecule has 4 rings (SSSR count). The average Bonchev–Trinajstić information content (AvgIpc) is 3.56. The van der Waals surface area contributed by atoms with Crippen molar-refractivity contribution in [1.82, 2.24) is 10.6 Å². The van der Waals surface area contributed by atoms with Crippen molar-refractivity contribution in [3.63, 3.8) is 0 Å². The van der Waals surface area contributed by atoms with E-state index in [0.29, 0.717) is 57.6 Å². The second-order valence-electron chi connectivity index (χ2n) is 9.65. The molecule has 2 saturated heterocycles. The van der Waals surface area contributed by atoms with E-state index in [0.717, 1.165) is 55.9 Å². The normalized spacial score (nSPS) is 21.7.